The van der Waals surface area contributed by atoms with E-state index in [1.165, 1.54) is 18.7 Å². The van der Waals surface area contributed by atoms with Crippen molar-refractivity contribution >= 4 is 40.4 Å². The van der Waals surface area contributed by atoms with E-state index in [9.17, 15) is 14.4 Å². The molecule has 1 aliphatic heterocycles. The molecule has 9 nitrogen and oxygen atoms in total. The minimum Gasteiger partial charge on any atom is -0.468 e. The van der Waals surface area contributed by atoms with E-state index in [0.29, 0.717) is 24.1 Å². The van der Waals surface area contributed by atoms with Crippen LogP contribution in [0.1, 0.15) is 5.56 Å². The summed E-state index contributed by atoms with van der Waals surface area (Å²) in [5.41, 5.74) is 1.17. The minimum absolute atomic E-state index is 0.274. The second-order valence-electron chi connectivity index (χ2n) is 6.58. The SMILES string of the molecule is COC(=O)Cn1c(=O)c2c(nc3n2CCN3c2cccc(Cl)c2C)n(C)c1=O. The van der Waals surface area contributed by atoms with Crippen LogP contribution in [-0.4, -0.2) is 38.3 Å². The van der Waals surface area contributed by atoms with Crippen molar-refractivity contribution in [3.8, 4) is 0 Å². The first-order chi connectivity index (χ1) is 13.3. The van der Waals surface area contributed by atoms with Gasteiger partial charge in [0, 0.05) is 30.8 Å². The van der Waals surface area contributed by atoms with E-state index >= 15 is 0 Å². The summed E-state index contributed by atoms with van der Waals surface area (Å²) in [7, 11) is 2.73. The number of benzene rings is 1. The average molecular weight is 404 g/mol. The Kier molecular flexibility index (Phi) is 4.26. The third-order valence-electron chi connectivity index (χ3n) is 5.05. The van der Waals surface area contributed by atoms with E-state index in [0.717, 1.165) is 15.8 Å². The van der Waals surface area contributed by atoms with Crippen molar-refractivity contribution in [3.05, 3.63) is 49.6 Å². The van der Waals surface area contributed by atoms with Crippen LogP contribution in [0.4, 0.5) is 11.6 Å². The quantitative estimate of drug-likeness (QED) is 0.610. The number of aryl methyl sites for hydroxylation is 1. The summed E-state index contributed by atoms with van der Waals surface area (Å²) < 4.78 is 8.51. The summed E-state index contributed by atoms with van der Waals surface area (Å²) in [6.07, 6.45) is 0. The number of ether oxygens (including phenoxy) is 1. The van der Waals surface area contributed by atoms with E-state index in [1.807, 2.05) is 30.0 Å². The monoisotopic (exact) mass is 403 g/mol. The Morgan fingerprint density at radius 3 is 2.75 bits per heavy atom. The summed E-state index contributed by atoms with van der Waals surface area (Å²) in [5, 5.41) is 0.639. The van der Waals surface area contributed by atoms with Gasteiger partial charge in [-0.1, -0.05) is 17.7 Å². The van der Waals surface area contributed by atoms with Crippen LogP contribution in [-0.2, 0) is 29.7 Å². The van der Waals surface area contributed by atoms with Crippen LogP contribution in [0.3, 0.4) is 0 Å². The molecule has 0 aliphatic carbocycles. The van der Waals surface area contributed by atoms with Gasteiger partial charge in [-0.05, 0) is 24.6 Å². The van der Waals surface area contributed by atoms with Crippen molar-refractivity contribution in [2.24, 2.45) is 7.05 Å². The molecule has 3 aromatic rings. The van der Waals surface area contributed by atoms with Crippen molar-refractivity contribution in [2.75, 3.05) is 18.6 Å². The van der Waals surface area contributed by atoms with Crippen molar-refractivity contribution in [2.45, 2.75) is 20.0 Å². The lowest BCUT2D eigenvalue weighted by Crippen LogP contribution is -2.41. The number of carbonyl (C=O) groups excluding carboxylic acids is 1. The van der Waals surface area contributed by atoms with Gasteiger partial charge in [-0.15, -0.1) is 0 Å². The smallest absolute Gasteiger partial charge is 0.333 e. The Morgan fingerprint density at radius 2 is 2.04 bits per heavy atom. The van der Waals surface area contributed by atoms with Crippen LogP contribution in [0.25, 0.3) is 11.2 Å². The molecule has 0 amide bonds. The summed E-state index contributed by atoms with van der Waals surface area (Å²) >= 11 is 6.26. The maximum absolute atomic E-state index is 13.0. The van der Waals surface area contributed by atoms with Gasteiger partial charge < -0.3 is 14.2 Å². The van der Waals surface area contributed by atoms with Gasteiger partial charge in [-0.2, -0.15) is 4.98 Å². The van der Waals surface area contributed by atoms with Crippen LogP contribution >= 0.6 is 11.6 Å². The predicted octanol–water partition coefficient (Wildman–Crippen LogP) is 1.18. The fourth-order valence-corrected chi connectivity index (χ4v) is 3.70. The topological polar surface area (TPSA) is 91.4 Å². The Labute approximate surface area is 164 Å². The maximum Gasteiger partial charge on any atom is 0.333 e. The molecular formula is C18H18ClN5O4. The second kappa shape index (κ2) is 6.52. The summed E-state index contributed by atoms with van der Waals surface area (Å²) in [6, 6.07) is 5.61. The Morgan fingerprint density at radius 1 is 1.29 bits per heavy atom. The summed E-state index contributed by atoms with van der Waals surface area (Å²) in [4.78, 5) is 43.7. The van der Waals surface area contributed by atoms with E-state index in [1.54, 1.807) is 4.57 Å². The van der Waals surface area contributed by atoms with Crippen LogP contribution in [0.5, 0.6) is 0 Å². The summed E-state index contributed by atoms with van der Waals surface area (Å²) in [5.74, 6) is -0.112. The van der Waals surface area contributed by atoms with E-state index < -0.39 is 23.8 Å². The molecule has 10 heteroatoms. The van der Waals surface area contributed by atoms with Crippen molar-refractivity contribution in [3.63, 3.8) is 0 Å². The highest BCUT2D eigenvalue weighted by molar-refractivity contribution is 6.31. The molecular weight excluding hydrogens is 386 g/mol. The number of aromatic nitrogens is 4. The molecule has 0 spiro atoms. The molecule has 0 unspecified atom stereocenters. The minimum atomic E-state index is -0.670. The normalized spacial score (nSPS) is 13.2. The molecule has 3 heterocycles. The van der Waals surface area contributed by atoms with Gasteiger partial charge in [0.2, 0.25) is 5.95 Å². The zero-order valence-corrected chi connectivity index (χ0v) is 16.4. The molecule has 1 aromatic carbocycles. The molecule has 0 fully saturated rings. The molecule has 0 atom stereocenters. The lowest BCUT2D eigenvalue weighted by Gasteiger charge is -2.19. The molecule has 2 aromatic heterocycles. The number of nitrogens with zero attached hydrogens (tertiary/aromatic N) is 5. The summed E-state index contributed by atoms with van der Waals surface area (Å²) in [6.45, 7) is 2.60. The van der Waals surface area contributed by atoms with Gasteiger partial charge in [-0.3, -0.25) is 14.2 Å². The van der Waals surface area contributed by atoms with Crippen molar-refractivity contribution < 1.29 is 9.53 Å². The van der Waals surface area contributed by atoms with Crippen LogP contribution in [0.15, 0.2) is 27.8 Å². The highest BCUT2D eigenvalue weighted by Gasteiger charge is 2.30. The number of rotatable bonds is 3. The third kappa shape index (κ3) is 2.54. The molecule has 4 rings (SSSR count). The number of halogens is 1. The van der Waals surface area contributed by atoms with Crippen LogP contribution in [0.2, 0.25) is 5.02 Å². The van der Waals surface area contributed by atoms with Crippen LogP contribution < -0.4 is 16.1 Å². The molecule has 0 bridgehead atoms. The van der Waals surface area contributed by atoms with Gasteiger partial charge in [0.1, 0.15) is 6.54 Å². The number of esters is 1. The molecule has 28 heavy (non-hydrogen) atoms. The first-order valence-corrected chi connectivity index (χ1v) is 9.02. The molecule has 0 saturated heterocycles. The van der Waals surface area contributed by atoms with Gasteiger partial charge in [-0.25, -0.2) is 9.36 Å². The fraction of sp³-hybridized carbons (Fsp3) is 0.333. The molecule has 1 aliphatic rings. The van der Waals surface area contributed by atoms with Crippen molar-refractivity contribution in [1.29, 1.82) is 0 Å². The lowest BCUT2D eigenvalue weighted by molar-refractivity contribution is -0.141. The zero-order chi connectivity index (χ0) is 20.2. The van der Waals surface area contributed by atoms with E-state index in [2.05, 4.69) is 9.72 Å². The van der Waals surface area contributed by atoms with E-state index in [-0.39, 0.29) is 11.2 Å². The van der Waals surface area contributed by atoms with Gasteiger partial charge in [0.25, 0.3) is 5.56 Å². The third-order valence-corrected chi connectivity index (χ3v) is 5.46. The Bertz CT molecular complexity index is 1240. The average Bonchev–Trinajstić information content (AvgIpc) is 3.25. The van der Waals surface area contributed by atoms with E-state index in [4.69, 9.17) is 11.6 Å². The first-order valence-electron chi connectivity index (χ1n) is 8.64. The zero-order valence-electron chi connectivity index (χ0n) is 15.6. The number of imidazole rings is 1. The fourth-order valence-electron chi connectivity index (χ4n) is 3.53. The Hall–Kier alpha value is -3.07. The van der Waals surface area contributed by atoms with Gasteiger partial charge in [0.05, 0.1) is 7.11 Å². The molecule has 0 N–H and O–H groups in total. The number of fused-ring (bicyclic) bond motifs is 3. The standard InChI is InChI=1S/C18H18ClN5O4/c1-10-11(19)5-4-6-12(10)22-7-8-23-14-15(20-17(22)23)21(2)18(27)24(16(14)26)9-13(25)28-3/h4-6H,7-9H2,1-3H3. The maximum atomic E-state index is 13.0. The van der Waals surface area contributed by atoms with Gasteiger partial charge >= 0.3 is 11.7 Å². The van der Waals surface area contributed by atoms with Crippen LogP contribution in [0, 0.1) is 6.92 Å². The number of anilines is 2. The number of hydrogen-bond donors (Lipinski definition) is 0. The first kappa shape index (κ1) is 18.3. The predicted molar refractivity (Wildman–Crippen MR) is 104 cm³/mol. The second-order valence-corrected chi connectivity index (χ2v) is 6.99. The Balaban J connectivity index is 1.95. The lowest BCUT2D eigenvalue weighted by atomic mass is 10.2. The largest absolute Gasteiger partial charge is 0.468 e. The number of carbonyl (C=O) groups is 1. The highest BCUT2D eigenvalue weighted by atomic mass is 35.5. The number of hydrogen-bond acceptors (Lipinski definition) is 6. The molecule has 146 valence electrons. The highest BCUT2D eigenvalue weighted by Crippen LogP contribution is 2.35. The molecule has 0 radical (unpaired) electrons. The molecule has 0 saturated carbocycles. The van der Waals surface area contributed by atoms with Gasteiger partial charge in [0.15, 0.2) is 11.2 Å². The number of methoxy groups -OCH3 is 1. The van der Waals surface area contributed by atoms with Crippen molar-refractivity contribution in [1.82, 2.24) is 18.7 Å².